The Kier molecular flexibility index (Phi) is 4.16. The molecule has 30 heavy (non-hydrogen) atoms. The molecule has 1 aromatic heterocycles. The van der Waals surface area contributed by atoms with Crippen LogP contribution >= 0.6 is 0 Å². The molecule has 154 valence electrons. The Morgan fingerprint density at radius 2 is 2.10 bits per heavy atom. The number of methoxy groups -OCH3 is 1. The van der Waals surface area contributed by atoms with Crippen LogP contribution in [0.1, 0.15) is 46.8 Å². The molecule has 2 aliphatic heterocycles. The van der Waals surface area contributed by atoms with Crippen LogP contribution in [0.25, 0.3) is 5.69 Å². The minimum atomic E-state index is -0.644. The van der Waals surface area contributed by atoms with Crippen LogP contribution in [-0.4, -0.2) is 56.7 Å². The van der Waals surface area contributed by atoms with Gasteiger partial charge in [0.05, 0.1) is 30.6 Å². The first-order valence-electron chi connectivity index (χ1n) is 9.74. The first-order valence-corrected chi connectivity index (χ1v) is 9.74. The molecule has 10 nitrogen and oxygen atoms in total. The van der Waals surface area contributed by atoms with E-state index in [1.165, 1.54) is 12.0 Å². The number of nitrogens with zero attached hydrogens (tertiary/aromatic N) is 4. The highest BCUT2D eigenvalue weighted by molar-refractivity contribution is 6.05. The van der Waals surface area contributed by atoms with Gasteiger partial charge >= 0.3 is 5.97 Å². The van der Waals surface area contributed by atoms with Crippen molar-refractivity contribution in [3.63, 3.8) is 0 Å². The molecule has 3 heterocycles. The van der Waals surface area contributed by atoms with E-state index in [2.05, 4.69) is 15.6 Å². The van der Waals surface area contributed by atoms with Crippen molar-refractivity contribution in [1.29, 1.82) is 0 Å². The maximum absolute atomic E-state index is 12.8. The number of hydrogen-bond acceptors (Lipinski definition) is 7. The van der Waals surface area contributed by atoms with E-state index in [4.69, 9.17) is 4.74 Å². The highest BCUT2D eigenvalue weighted by Gasteiger charge is 2.47. The summed E-state index contributed by atoms with van der Waals surface area (Å²) in [6.45, 7) is 0.295. The predicted molar refractivity (Wildman–Crippen MR) is 100 cm³/mol. The lowest BCUT2D eigenvalue weighted by molar-refractivity contribution is -0.142. The van der Waals surface area contributed by atoms with Gasteiger partial charge in [-0.1, -0.05) is 5.21 Å². The van der Waals surface area contributed by atoms with Crippen LogP contribution in [0, 0.1) is 5.92 Å². The molecule has 10 heteroatoms. The zero-order chi connectivity index (χ0) is 21.0. The number of hydrogen-bond donors (Lipinski definition) is 1. The number of rotatable bonds is 4. The van der Waals surface area contributed by atoms with E-state index in [0.717, 1.165) is 16.9 Å². The number of carbonyl (C=O) groups excluding carboxylic acids is 4. The van der Waals surface area contributed by atoms with Gasteiger partial charge in [0.15, 0.2) is 0 Å². The predicted octanol–water partition coefficient (Wildman–Crippen LogP) is 0.305. The molecule has 5 rings (SSSR count). The summed E-state index contributed by atoms with van der Waals surface area (Å²) in [6, 6.07) is 4.69. The number of nitrogens with one attached hydrogen (secondary N) is 1. The topological polar surface area (TPSA) is 123 Å². The Morgan fingerprint density at radius 1 is 1.27 bits per heavy atom. The Hall–Kier alpha value is -3.56. The number of aromatic nitrogens is 3. The smallest absolute Gasteiger partial charge is 0.309 e. The lowest BCUT2D eigenvalue weighted by Crippen LogP contribution is -2.52. The van der Waals surface area contributed by atoms with Gasteiger partial charge in [-0.15, -0.1) is 5.10 Å². The lowest BCUT2D eigenvalue weighted by Gasteiger charge is -2.29. The third kappa shape index (κ3) is 2.95. The summed E-state index contributed by atoms with van der Waals surface area (Å²) in [5.41, 5.74) is 2.79. The summed E-state index contributed by atoms with van der Waals surface area (Å²) < 4.78 is 6.39. The number of benzene rings is 1. The maximum atomic E-state index is 12.8. The van der Waals surface area contributed by atoms with Crippen molar-refractivity contribution in [3.8, 4) is 5.69 Å². The van der Waals surface area contributed by atoms with E-state index in [-0.39, 0.29) is 36.0 Å². The second kappa shape index (κ2) is 6.75. The van der Waals surface area contributed by atoms with E-state index in [9.17, 15) is 19.2 Å². The quantitative estimate of drug-likeness (QED) is 0.569. The van der Waals surface area contributed by atoms with Crippen LogP contribution in [0.2, 0.25) is 0 Å². The SMILES string of the molecule is COC(=O)[C@@H]1C[C@@H]1c1cn(-c2ccc3c(c2)CN(C2CCC(=O)NC2=O)C3=O)nn1. The molecule has 1 aromatic carbocycles. The molecule has 1 unspecified atom stereocenters. The molecule has 0 radical (unpaired) electrons. The van der Waals surface area contributed by atoms with Crippen molar-refractivity contribution in [3.05, 3.63) is 41.2 Å². The fraction of sp³-hybridized carbons (Fsp3) is 0.400. The second-order valence-corrected chi connectivity index (χ2v) is 7.80. The summed E-state index contributed by atoms with van der Waals surface area (Å²) in [4.78, 5) is 49.5. The number of amides is 3. The Bertz CT molecular complexity index is 1090. The van der Waals surface area contributed by atoms with E-state index >= 15 is 0 Å². The van der Waals surface area contributed by atoms with Crippen molar-refractivity contribution in [2.24, 2.45) is 5.92 Å². The van der Waals surface area contributed by atoms with Gasteiger partial charge in [0, 0.05) is 24.4 Å². The Labute approximate surface area is 171 Å². The van der Waals surface area contributed by atoms with Crippen LogP contribution in [0.4, 0.5) is 0 Å². The van der Waals surface area contributed by atoms with Crippen LogP contribution in [0.5, 0.6) is 0 Å². The molecule has 3 atom stereocenters. The summed E-state index contributed by atoms with van der Waals surface area (Å²) in [5, 5.41) is 10.6. The van der Waals surface area contributed by atoms with Crippen LogP contribution in [0.15, 0.2) is 24.4 Å². The average Bonchev–Trinajstić information content (AvgIpc) is 3.26. The summed E-state index contributed by atoms with van der Waals surface area (Å²) in [7, 11) is 1.37. The third-order valence-electron chi connectivity index (χ3n) is 5.96. The molecule has 0 spiro atoms. The van der Waals surface area contributed by atoms with E-state index in [1.807, 2.05) is 6.07 Å². The Balaban J connectivity index is 1.35. The van der Waals surface area contributed by atoms with Gasteiger partial charge in [0.25, 0.3) is 5.91 Å². The lowest BCUT2D eigenvalue weighted by atomic mass is 10.0. The monoisotopic (exact) mass is 409 g/mol. The number of esters is 1. The van der Waals surface area contributed by atoms with Crippen LogP contribution < -0.4 is 5.32 Å². The van der Waals surface area contributed by atoms with Gasteiger partial charge in [-0.3, -0.25) is 24.5 Å². The van der Waals surface area contributed by atoms with E-state index in [0.29, 0.717) is 24.9 Å². The standard InChI is InChI=1S/C20H19N5O5/c1-30-20(29)14-7-13(14)15-9-25(23-22-15)11-2-3-12-10(6-11)8-24(19(12)28)16-4-5-17(26)21-18(16)27/h2-3,6,9,13-14,16H,4-5,7-8H2,1H3,(H,21,26,27)/t13-,14+,16?/m0/s1. The Morgan fingerprint density at radius 3 is 2.87 bits per heavy atom. The van der Waals surface area contributed by atoms with Gasteiger partial charge in [-0.05, 0) is 36.6 Å². The number of imide groups is 1. The number of ether oxygens (including phenoxy) is 1. The molecular weight excluding hydrogens is 390 g/mol. The van der Waals surface area contributed by atoms with Gasteiger partial charge < -0.3 is 9.64 Å². The minimum absolute atomic E-state index is 0.0187. The van der Waals surface area contributed by atoms with Crippen molar-refractivity contribution >= 4 is 23.7 Å². The largest absolute Gasteiger partial charge is 0.469 e. The molecule has 2 fully saturated rings. The minimum Gasteiger partial charge on any atom is -0.469 e. The molecule has 3 amide bonds. The number of fused-ring (bicyclic) bond motifs is 1. The zero-order valence-electron chi connectivity index (χ0n) is 16.2. The number of piperidine rings is 1. The van der Waals surface area contributed by atoms with Crippen molar-refractivity contribution in [1.82, 2.24) is 25.2 Å². The molecule has 1 aliphatic carbocycles. The maximum Gasteiger partial charge on any atom is 0.309 e. The van der Waals surface area contributed by atoms with E-state index < -0.39 is 11.9 Å². The van der Waals surface area contributed by atoms with Crippen molar-refractivity contribution < 1.29 is 23.9 Å². The van der Waals surface area contributed by atoms with E-state index in [1.54, 1.807) is 23.0 Å². The fourth-order valence-electron chi connectivity index (χ4n) is 4.21. The zero-order valence-corrected chi connectivity index (χ0v) is 16.2. The number of carbonyl (C=O) groups is 4. The summed E-state index contributed by atoms with van der Waals surface area (Å²) >= 11 is 0. The van der Waals surface area contributed by atoms with Gasteiger partial charge in [-0.2, -0.15) is 0 Å². The fourth-order valence-corrected chi connectivity index (χ4v) is 4.21. The third-order valence-corrected chi connectivity index (χ3v) is 5.96. The van der Waals surface area contributed by atoms with Gasteiger partial charge in [0.1, 0.15) is 6.04 Å². The molecule has 2 aromatic rings. The van der Waals surface area contributed by atoms with Crippen molar-refractivity contribution in [2.75, 3.05) is 7.11 Å². The average molecular weight is 409 g/mol. The van der Waals surface area contributed by atoms with Crippen LogP contribution in [0.3, 0.4) is 0 Å². The molecule has 1 saturated heterocycles. The van der Waals surface area contributed by atoms with Gasteiger partial charge in [0.2, 0.25) is 11.8 Å². The van der Waals surface area contributed by atoms with Crippen molar-refractivity contribution in [2.45, 2.75) is 37.8 Å². The molecule has 0 bridgehead atoms. The molecule has 3 aliphatic rings. The molecule has 1 saturated carbocycles. The highest BCUT2D eigenvalue weighted by atomic mass is 16.5. The summed E-state index contributed by atoms with van der Waals surface area (Å²) in [6.07, 6.45) is 3.03. The normalized spacial score (nSPS) is 25.2. The second-order valence-electron chi connectivity index (χ2n) is 7.80. The first kappa shape index (κ1) is 18.5. The summed E-state index contributed by atoms with van der Waals surface area (Å²) in [5.74, 6) is -1.35. The highest BCUT2D eigenvalue weighted by Crippen LogP contribution is 2.47. The molecular formula is C20H19N5O5. The molecule has 1 N–H and O–H groups in total. The first-order chi connectivity index (χ1) is 14.5. The van der Waals surface area contributed by atoms with Crippen LogP contribution in [-0.2, 0) is 25.7 Å². The van der Waals surface area contributed by atoms with Gasteiger partial charge in [-0.25, -0.2) is 4.68 Å².